The number of aryl methyl sites for hydroxylation is 1. The van der Waals surface area contributed by atoms with Gasteiger partial charge in [0.05, 0.1) is 0 Å². The van der Waals surface area contributed by atoms with Gasteiger partial charge in [0.25, 0.3) is 5.91 Å². The molecule has 0 radical (unpaired) electrons. The van der Waals surface area contributed by atoms with E-state index in [1.165, 1.54) is 43.2 Å². The first kappa shape index (κ1) is 22.7. The maximum absolute atomic E-state index is 12.4. The Morgan fingerprint density at radius 2 is 1.81 bits per heavy atom. The van der Waals surface area contributed by atoms with Crippen LogP contribution in [0.3, 0.4) is 0 Å². The first-order chi connectivity index (χ1) is 12.6. The minimum atomic E-state index is -0.551. The lowest BCUT2D eigenvalue weighted by molar-refractivity contribution is -0.132. The Labute approximate surface area is 159 Å². The van der Waals surface area contributed by atoms with Gasteiger partial charge < -0.3 is 15.8 Å². The van der Waals surface area contributed by atoms with E-state index in [9.17, 15) is 4.79 Å². The van der Waals surface area contributed by atoms with E-state index in [0.717, 1.165) is 12.8 Å². The molecule has 1 fully saturated rings. The topological polar surface area (TPSA) is 64.3 Å². The summed E-state index contributed by atoms with van der Waals surface area (Å²) < 4.78 is 5.40. The zero-order valence-electron chi connectivity index (χ0n) is 17.1. The van der Waals surface area contributed by atoms with E-state index in [4.69, 9.17) is 10.5 Å². The molecular weight excluding hydrogens is 324 g/mol. The molecule has 0 bridgehead atoms. The number of nitrogens with two attached hydrogens (primary N) is 1. The summed E-state index contributed by atoms with van der Waals surface area (Å²) in [4.78, 5) is 12.4. The standard InChI is InChI=1S/C20H32N2O2.C2H6/c1-15-8-10-16(11-9-15)12-13-22-20(23)19(24-2)18(21)14-17-6-4-3-5-7-17;1-2/h8-11,17-19H,3-7,12-14,21H2,1-2H3,(H,22,23);1-2H3. The number of ether oxygens (including phenoxy) is 1. The molecule has 0 heterocycles. The number of carbonyl (C=O) groups excluding carboxylic acids is 1. The normalized spacial score (nSPS) is 17.0. The third-order valence-electron chi connectivity index (χ3n) is 5.06. The van der Waals surface area contributed by atoms with Crippen LogP contribution in [0.25, 0.3) is 0 Å². The Kier molecular flexibility index (Phi) is 11.2. The van der Waals surface area contributed by atoms with Crippen LogP contribution >= 0.6 is 0 Å². The summed E-state index contributed by atoms with van der Waals surface area (Å²) in [7, 11) is 1.57. The second-order valence-corrected chi connectivity index (χ2v) is 7.09. The number of methoxy groups -OCH3 is 1. The Balaban J connectivity index is 0.00000163. The summed E-state index contributed by atoms with van der Waals surface area (Å²) in [6.07, 6.45) is 7.53. The molecule has 26 heavy (non-hydrogen) atoms. The molecule has 2 atom stereocenters. The average molecular weight is 363 g/mol. The molecular formula is C22H38N2O2. The molecule has 2 unspecified atom stereocenters. The third-order valence-corrected chi connectivity index (χ3v) is 5.06. The second kappa shape index (κ2) is 12.9. The van der Waals surface area contributed by atoms with Gasteiger partial charge in [-0.05, 0) is 31.2 Å². The van der Waals surface area contributed by atoms with E-state index in [2.05, 4.69) is 36.5 Å². The summed E-state index contributed by atoms with van der Waals surface area (Å²) in [6.45, 7) is 6.68. The van der Waals surface area contributed by atoms with Crippen molar-refractivity contribution in [1.29, 1.82) is 0 Å². The molecule has 1 aliphatic rings. The molecule has 0 aliphatic heterocycles. The molecule has 148 valence electrons. The van der Waals surface area contributed by atoms with E-state index in [-0.39, 0.29) is 11.9 Å². The second-order valence-electron chi connectivity index (χ2n) is 7.09. The lowest BCUT2D eigenvalue weighted by Gasteiger charge is -2.28. The maximum Gasteiger partial charge on any atom is 0.250 e. The fraction of sp³-hybridized carbons (Fsp3) is 0.682. The number of benzene rings is 1. The smallest absolute Gasteiger partial charge is 0.250 e. The van der Waals surface area contributed by atoms with Gasteiger partial charge in [0.2, 0.25) is 0 Å². The van der Waals surface area contributed by atoms with Gasteiger partial charge in [-0.15, -0.1) is 0 Å². The SMILES string of the molecule is CC.COC(C(=O)NCCc1ccc(C)cc1)C(N)CC1CCCCC1. The van der Waals surface area contributed by atoms with Crippen LogP contribution in [0.2, 0.25) is 0 Å². The number of hydrogen-bond donors (Lipinski definition) is 2. The summed E-state index contributed by atoms with van der Waals surface area (Å²) in [5, 5.41) is 2.97. The van der Waals surface area contributed by atoms with Crippen molar-refractivity contribution in [2.24, 2.45) is 11.7 Å². The first-order valence-corrected chi connectivity index (χ1v) is 10.2. The molecule has 1 aromatic rings. The van der Waals surface area contributed by atoms with E-state index < -0.39 is 6.10 Å². The van der Waals surface area contributed by atoms with Crippen molar-refractivity contribution in [2.75, 3.05) is 13.7 Å². The molecule has 1 aliphatic carbocycles. The molecule has 3 N–H and O–H groups in total. The van der Waals surface area contributed by atoms with Gasteiger partial charge in [0.15, 0.2) is 6.10 Å². The lowest BCUT2D eigenvalue weighted by atomic mass is 9.84. The van der Waals surface area contributed by atoms with Crippen molar-refractivity contribution < 1.29 is 9.53 Å². The van der Waals surface area contributed by atoms with Crippen molar-refractivity contribution in [3.05, 3.63) is 35.4 Å². The Morgan fingerprint density at radius 3 is 2.38 bits per heavy atom. The van der Waals surface area contributed by atoms with Gasteiger partial charge >= 0.3 is 0 Å². The fourth-order valence-electron chi connectivity index (χ4n) is 3.59. The predicted molar refractivity (Wildman–Crippen MR) is 109 cm³/mol. The van der Waals surface area contributed by atoms with Crippen molar-refractivity contribution in [1.82, 2.24) is 5.32 Å². The summed E-state index contributed by atoms with van der Waals surface area (Å²) in [6, 6.07) is 8.16. The third kappa shape index (κ3) is 7.88. The minimum Gasteiger partial charge on any atom is -0.370 e. The van der Waals surface area contributed by atoms with Crippen LogP contribution in [0.5, 0.6) is 0 Å². The summed E-state index contributed by atoms with van der Waals surface area (Å²) in [5.74, 6) is 0.555. The Bertz CT molecular complexity index is 495. The van der Waals surface area contributed by atoms with Crippen molar-refractivity contribution in [3.8, 4) is 0 Å². The number of carbonyl (C=O) groups is 1. The van der Waals surface area contributed by atoms with Crippen LogP contribution in [-0.4, -0.2) is 31.7 Å². The van der Waals surface area contributed by atoms with E-state index in [1.807, 2.05) is 13.8 Å². The molecule has 0 aromatic heterocycles. The molecule has 0 saturated heterocycles. The largest absolute Gasteiger partial charge is 0.370 e. The highest BCUT2D eigenvalue weighted by Crippen LogP contribution is 2.27. The molecule has 1 amide bonds. The number of amides is 1. The van der Waals surface area contributed by atoms with E-state index in [0.29, 0.717) is 12.5 Å². The quantitative estimate of drug-likeness (QED) is 0.735. The van der Waals surface area contributed by atoms with Crippen molar-refractivity contribution in [3.63, 3.8) is 0 Å². The van der Waals surface area contributed by atoms with Crippen LogP contribution < -0.4 is 11.1 Å². The van der Waals surface area contributed by atoms with E-state index >= 15 is 0 Å². The van der Waals surface area contributed by atoms with Crippen LogP contribution in [0.1, 0.15) is 63.5 Å². The van der Waals surface area contributed by atoms with Gasteiger partial charge in [-0.1, -0.05) is 75.8 Å². The molecule has 2 rings (SSSR count). The molecule has 1 aromatic carbocycles. The maximum atomic E-state index is 12.4. The first-order valence-electron chi connectivity index (χ1n) is 10.2. The molecule has 4 nitrogen and oxygen atoms in total. The number of rotatable bonds is 8. The highest BCUT2D eigenvalue weighted by molar-refractivity contribution is 5.81. The van der Waals surface area contributed by atoms with Gasteiger partial charge in [0, 0.05) is 19.7 Å². The van der Waals surface area contributed by atoms with Gasteiger partial charge in [-0.25, -0.2) is 0 Å². The monoisotopic (exact) mass is 362 g/mol. The van der Waals surface area contributed by atoms with Gasteiger partial charge in [0.1, 0.15) is 0 Å². The lowest BCUT2D eigenvalue weighted by Crippen LogP contribution is -2.48. The molecule has 0 spiro atoms. The summed E-state index contributed by atoms with van der Waals surface area (Å²) in [5.41, 5.74) is 8.74. The van der Waals surface area contributed by atoms with Crippen molar-refractivity contribution >= 4 is 5.91 Å². The average Bonchev–Trinajstić information content (AvgIpc) is 2.66. The summed E-state index contributed by atoms with van der Waals surface area (Å²) >= 11 is 0. The van der Waals surface area contributed by atoms with E-state index in [1.54, 1.807) is 7.11 Å². The van der Waals surface area contributed by atoms with Crippen molar-refractivity contribution in [2.45, 2.75) is 77.9 Å². The number of nitrogens with one attached hydrogen (secondary N) is 1. The van der Waals surface area contributed by atoms with Crippen LogP contribution in [0, 0.1) is 12.8 Å². The molecule has 4 heteroatoms. The Hall–Kier alpha value is -1.39. The zero-order valence-corrected chi connectivity index (χ0v) is 17.1. The fourth-order valence-corrected chi connectivity index (χ4v) is 3.59. The van der Waals surface area contributed by atoms with Crippen LogP contribution in [-0.2, 0) is 16.0 Å². The zero-order chi connectivity index (χ0) is 19.4. The highest BCUT2D eigenvalue weighted by atomic mass is 16.5. The van der Waals surface area contributed by atoms with Gasteiger partial charge in [-0.2, -0.15) is 0 Å². The van der Waals surface area contributed by atoms with Crippen LogP contribution in [0.15, 0.2) is 24.3 Å². The number of hydrogen-bond acceptors (Lipinski definition) is 3. The highest BCUT2D eigenvalue weighted by Gasteiger charge is 2.28. The van der Waals surface area contributed by atoms with Gasteiger partial charge in [-0.3, -0.25) is 4.79 Å². The molecule has 1 saturated carbocycles. The Morgan fingerprint density at radius 1 is 1.19 bits per heavy atom. The van der Waals surface area contributed by atoms with Crippen LogP contribution in [0.4, 0.5) is 0 Å². The minimum absolute atomic E-state index is 0.0899. The predicted octanol–water partition coefficient (Wildman–Crippen LogP) is 3.99.